The number of aliphatic hydroxyl groups is 1. The summed E-state index contributed by atoms with van der Waals surface area (Å²) in [6.45, 7) is 3.14. The predicted molar refractivity (Wildman–Crippen MR) is 108 cm³/mol. The molecule has 0 unspecified atom stereocenters. The first-order valence-corrected chi connectivity index (χ1v) is 11.6. The molecule has 0 spiro atoms. The lowest BCUT2D eigenvalue weighted by molar-refractivity contribution is 0.0783. The molecule has 2 amide bonds. The fourth-order valence-corrected chi connectivity index (χ4v) is 5.78. The summed E-state index contributed by atoms with van der Waals surface area (Å²) < 4.78 is 16.7. The second-order valence-corrected chi connectivity index (χ2v) is 10.7. The number of thiazole rings is 1. The Kier molecular flexibility index (Phi) is 4.77. The van der Waals surface area contributed by atoms with Crippen LogP contribution in [0.25, 0.3) is 0 Å². The first-order valence-electron chi connectivity index (χ1n) is 9.23. The van der Waals surface area contributed by atoms with Crippen molar-refractivity contribution in [1.82, 2.24) is 9.97 Å². The van der Waals surface area contributed by atoms with Crippen LogP contribution in [0.1, 0.15) is 54.2 Å². The highest BCUT2D eigenvalue weighted by Crippen LogP contribution is 2.36. The van der Waals surface area contributed by atoms with Crippen molar-refractivity contribution in [2.45, 2.75) is 62.2 Å². The van der Waals surface area contributed by atoms with Gasteiger partial charge >= 0.3 is 6.03 Å². The van der Waals surface area contributed by atoms with Gasteiger partial charge in [-0.3, -0.25) is 4.98 Å². The Bertz CT molecular complexity index is 1050. The highest BCUT2D eigenvalue weighted by atomic mass is 32.2. The molecule has 0 fully saturated rings. The first kappa shape index (κ1) is 19.4. The van der Waals surface area contributed by atoms with E-state index in [0.717, 1.165) is 78.1 Å². The Balaban J connectivity index is 1.65. The Labute approximate surface area is 167 Å². The zero-order valence-corrected chi connectivity index (χ0v) is 17.5. The highest BCUT2D eigenvalue weighted by Gasteiger charge is 2.27. The highest BCUT2D eigenvalue weighted by molar-refractivity contribution is 7.93. The van der Waals surface area contributed by atoms with Gasteiger partial charge in [0.2, 0.25) is 0 Å². The molecular formula is C18H23N5O3S2. The van der Waals surface area contributed by atoms with E-state index >= 15 is 0 Å². The van der Waals surface area contributed by atoms with E-state index in [9.17, 15) is 14.1 Å². The topological polar surface area (TPSA) is 131 Å². The van der Waals surface area contributed by atoms with Crippen LogP contribution in [-0.2, 0) is 41.2 Å². The lowest BCUT2D eigenvalue weighted by Crippen LogP contribution is -2.18. The molecular weight excluding hydrogens is 398 g/mol. The summed E-state index contributed by atoms with van der Waals surface area (Å²) in [6.07, 6.45) is 6.89. The van der Waals surface area contributed by atoms with Crippen molar-refractivity contribution < 1.29 is 14.1 Å². The zero-order valence-electron chi connectivity index (χ0n) is 15.8. The van der Waals surface area contributed by atoms with Crippen LogP contribution < -0.4 is 10.5 Å². The number of hydrogen-bond donors (Lipinski definition) is 3. The molecule has 0 bridgehead atoms. The van der Waals surface area contributed by atoms with Gasteiger partial charge in [0.05, 0.1) is 11.9 Å². The van der Waals surface area contributed by atoms with E-state index in [2.05, 4.69) is 14.7 Å². The van der Waals surface area contributed by atoms with Crippen molar-refractivity contribution in [1.29, 1.82) is 0 Å². The SMILES string of the molecule is CC(C)(O)c1ncc([S@@](N)(=O)=NC(=O)Nc2c3c(nc4c2CCC4)CCC3)s1. The maximum Gasteiger partial charge on any atom is 0.354 e. The van der Waals surface area contributed by atoms with Crippen LogP contribution in [0.3, 0.4) is 0 Å². The van der Waals surface area contributed by atoms with Crippen molar-refractivity contribution in [3.63, 3.8) is 0 Å². The van der Waals surface area contributed by atoms with E-state index in [1.54, 1.807) is 13.8 Å². The number of anilines is 1. The number of rotatable bonds is 3. The first-order chi connectivity index (χ1) is 13.1. The van der Waals surface area contributed by atoms with Gasteiger partial charge in [0, 0.05) is 11.4 Å². The average Bonchev–Trinajstić information content (AvgIpc) is 3.33. The third-order valence-electron chi connectivity index (χ3n) is 5.00. The van der Waals surface area contributed by atoms with Crippen LogP contribution in [0, 0.1) is 0 Å². The number of carbonyl (C=O) groups excluding carboxylic acids is 1. The third kappa shape index (κ3) is 3.57. The van der Waals surface area contributed by atoms with Crippen molar-refractivity contribution in [3.05, 3.63) is 33.7 Å². The number of nitrogens with two attached hydrogens (primary N) is 1. The fraction of sp³-hybridized carbons (Fsp3) is 0.500. The van der Waals surface area contributed by atoms with Crippen molar-refractivity contribution in [3.8, 4) is 0 Å². The lowest BCUT2D eigenvalue weighted by atomic mass is 10.1. The Morgan fingerprint density at radius 1 is 1.25 bits per heavy atom. The van der Waals surface area contributed by atoms with Gasteiger partial charge in [-0.1, -0.05) is 0 Å². The Hall–Kier alpha value is -1.88. The molecule has 0 saturated carbocycles. The molecule has 0 saturated heterocycles. The molecule has 2 aromatic heterocycles. The van der Waals surface area contributed by atoms with Gasteiger partial charge in [0.1, 0.15) is 14.8 Å². The standard InChI is InChI=1S/C18H23N5O3S2/c1-18(2,25)16-20-9-14(27-16)28(19,26)23-17(24)22-15-10-5-3-7-12(10)21-13-8-4-6-11(13)15/h9,25H,3-8H2,1-2H3,(H3,19,21,22,23,24,26)/t28-/m0/s1. The monoisotopic (exact) mass is 421 g/mol. The molecule has 28 heavy (non-hydrogen) atoms. The van der Waals surface area contributed by atoms with Gasteiger partial charge < -0.3 is 10.4 Å². The van der Waals surface area contributed by atoms with Crippen molar-refractivity contribution in [2.75, 3.05) is 5.32 Å². The molecule has 10 heteroatoms. The maximum atomic E-state index is 12.8. The molecule has 0 aromatic carbocycles. The smallest absolute Gasteiger partial charge is 0.354 e. The normalized spacial score (nSPS) is 17.7. The molecule has 4 rings (SSSR count). The van der Waals surface area contributed by atoms with Gasteiger partial charge in [0.15, 0.2) is 9.92 Å². The summed E-state index contributed by atoms with van der Waals surface area (Å²) in [7, 11) is -3.45. The van der Waals surface area contributed by atoms with Crippen LogP contribution in [0.4, 0.5) is 10.5 Å². The van der Waals surface area contributed by atoms with Gasteiger partial charge in [-0.25, -0.2) is 19.1 Å². The molecule has 2 aliphatic carbocycles. The summed E-state index contributed by atoms with van der Waals surface area (Å²) in [5.41, 5.74) is 3.81. The third-order valence-corrected chi connectivity index (χ3v) is 8.19. The molecule has 0 aliphatic heterocycles. The van der Waals surface area contributed by atoms with E-state index in [0.29, 0.717) is 5.01 Å². The minimum Gasteiger partial charge on any atom is -0.383 e. The van der Waals surface area contributed by atoms with Crippen LogP contribution >= 0.6 is 11.3 Å². The number of fused-ring (bicyclic) bond motifs is 2. The average molecular weight is 422 g/mol. The number of urea groups is 1. The minimum atomic E-state index is -3.45. The molecule has 2 aromatic rings. The van der Waals surface area contributed by atoms with Gasteiger partial charge in [-0.05, 0) is 63.5 Å². The predicted octanol–water partition coefficient (Wildman–Crippen LogP) is 2.68. The molecule has 8 nitrogen and oxygen atoms in total. The van der Waals surface area contributed by atoms with Crippen molar-refractivity contribution in [2.24, 2.45) is 9.50 Å². The van der Waals surface area contributed by atoms with E-state index in [-0.39, 0.29) is 4.21 Å². The van der Waals surface area contributed by atoms with Gasteiger partial charge in [-0.15, -0.1) is 15.7 Å². The van der Waals surface area contributed by atoms with E-state index < -0.39 is 21.5 Å². The summed E-state index contributed by atoms with van der Waals surface area (Å²) in [6, 6.07) is -0.736. The number of nitrogens with one attached hydrogen (secondary N) is 1. The van der Waals surface area contributed by atoms with E-state index in [1.165, 1.54) is 6.20 Å². The van der Waals surface area contributed by atoms with E-state index in [4.69, 9.17) is 10.1 Å². The number of aromatic nitrogens is 2. The maximum absolute atomic E-state index is 12.8. The summed E-state index contributed by atoms with van der Waals surface area (Å²) in [5, 5.41) is 19.1. The second kappa shape index (κ2) is 6.87. The van der Waals surface area contributed by atoms with E-state index in [1.807, 2.05) is 0 Å². The molecule has 1 atom stereocenters. The molecule has 2 aliphatic rings. The van der Waals surface area contributed by atoms with Gasteiger partial charge in [-0.2, -0.15) is 0 Å². The number of amides is 2. The Morgan fingerprint density at radius 2 is 1.86 bits per heavy atom. The van der Waals surface area contributed by atoms with Crippen LogP contribution in [0.5, 0.6) is 0 Å². The quantitative estimate of drug-likeness (QED) is 0.701. The summed E-state index contributed by atoms with van der Waals surface area (Å²) >= 11 is 0.990. The number of carbonyl (C=O) groups is 1. The summed E-state index contributed by atoms with van der Waals surface area (Å²) in [4.78, 5) is 21.4. The van der Waals surface area contributed by atoms with Crippen LogP contribution in [0.15, 0.2) is 14.8 Å². The molecule has 4 N–H and O–H groups in total. The number of nitrogens with zero attached hydrogens (tertiary/aromatic N) is 3. The second-order valence-electron chi connectivity index (χ2n) is 7.68. The number of pyridine rings is 1. The largest absolute Gasteiger partial charge is 0.383 e. The lowest BCUT2D eigenvalue weighted by Gasteiger charge is -2.14. The molecule has 150 valence electrons. The number of hydrogen-bond acceptors (Lipinski definition) is 6. The zero-order chi connectivity index (χ0) is 20.1. The molecule has 2 heterocycles. The number of aryl methyl sites for hydroxylation is 2. The van der Waals surface area contributed by atoms with Crippen LogP contribution in [0.2, 0.25) is 0 Å². The summed E-state index contributed by atoms with van der Waals surface area (Å²) in [5.74, 6) is 0. The molecule has 0 radical (unpaired) electrons. The van der Waals surface area contributed by atoms with Crippen LogP contribution in [-0.4, -0.2) is 25.3 Å². The minimum absolute atomic E-state index is 0.157. The van der Waals surface area contributed by atoms with Crippen molar-refractivity contribution >= 4 is 33.0 Å². The fourth-order valence-electron chi connectivity index (χ4n) is 3.71. The Morgan fingerprint density at radius 3 is 2.39 bits per heavy atom. The van der Waals surface area contributed by atoms with Gasteiger partial charge in [0.25, 0.3) is 0 Å².